The lowest BCUT2D eigenvalue weighted by molar-refractivity contribution is -0.123. The Bertz CT molecular complexity index is 1630. The topological polar surface area (TPSA) is 103 Å². The van der Waals surface area contributed by atoms with Crippen LogP contribution in [0.3, 0.4) is 0 Å². The highest BCUT2D eigenvalue weighted by atomic mass is 35.5. The Morgan fingerprint density at radius 3 is 2.52 bits per heavy atom. The summed E-state index contributed by atoms with van der Waals surface area (Å²) in [6, 6.07) is 19.6. The fraction of sp³-hybridized carbons (Fsp3) is 0.167. The number of methoxy groups -OCH3 is 1. The van der Waals surface area contributed by atoms with E-state index in [1.54, 1.807) is 6.08 Å². The molecule has 40 heavy (non-hydrogen) atoms. The number of hydrogen-bond acceptors (Lipinski definition) is 6. The second-order valence-electron chi connectivity index (χ2n) is 9.17. The first kappa shape index (κ1) is 26.8. The molecule has 1 fully saturated rings. The van der Waals surface area contributed by atoms with Crippen LogP contribution in [0.15, 0.2) is 76.8 Å². The molecule has 0 unspecified atom stereocenters. The fourth-order valence-electron chi connectivity index (χ4n) is 4.50. The van der Waals surface area contributed by atoms with E-state index < -0.39 is 17.9 Å². The highest BCUT2D eigenvalue weighted by molar-refractivity contribution is 6.31. The SMILES string of the molecule is COC(=O)c1ccc(CN2C(=O)N/C(=C\c3cc(C)n(-c4ccc(OCc5ccccc5Cl)cc4)c3C)C2=O)o1. The van der Waals surface area contributed by atoms with Crippen molar-refractivity contribution >= 4 is 35.6 Å². The predicted octanol–water partition coefficient (Wildman–Crippen LogP) is 5.80. The number of furan rings is 1. The first-order valence-electron chi connectivity index (χ1n) is 12.4. The maximum absolute atomic E-state index is 13.0. The van der Waals surface area contributed by atoms with E-state index in [0.29, 0.717) is 17.4 Å². The van der Waals surface area contributed by atoms with Crippen molar-refractivity contribution in [2.24, 2.45) is 0 Å². The van der Waals surface area contributed by atoms with Gasteiger partial charge in [0, 0.05) is 27.7 Å². The van der Waals surface area contributed by atoms with Crippen molar-refractivity contribution < 1.29 is 28.3 Å². The van der Waals surface area contributed by atoms with Gasteiger partial charge in [-0.05, 0) is 74.0 Å². The molecule has 0 atom stereocenters. The molecule has 5 rings (SSSR count). The van der Waals surface area contributed by atoms with Gasteiger partial charge in [-0.1, -0.05) is 29.8 Å². The number of rotatable bonds is 8. The Hall–Kier alpha value is -4.76. The summed E-state index contributed by atoms with van der Waals surface area (Å²) in [6.45, 7) is 4.15. The maximum atomic E-state index is 13.0. The zero-order valence-electron chi connectivity index (χ0n) is 22.1. The van der Waals surface area contributed by atoms with Crippen LogP contribution in [0, 0.1) is 13.8 Å². The molecule has 2 aromatic heterocycles. The normalized spacial score (nSPS) is 14.1. The van der Waals surface area contributed by atoms with E-state index in [0.717, 1.165) is 33.1 Å². The van der Waals surface area contributed by atoms with E-state index in [-0.39, 0.29) is 23.8 Å². The average Bonchev–Trinajstić information content (AvgIpc) is 3.61. The zero-order chi connectivity index (χ0) is 28.4. The molecule has 0 saturated carbocycles. The van der Waals surface area contributed by atoms with Crippen LogP contribution in [0.25, 0.3) is 11.8 Å². The van der Waals surface area contributed by atoms with Crippen molar-refractivity contribution in [2.45, 2.75) is 27.0 Å². The van der Waals surface area contributed by atoms with Crippen LogP contribution in [0.4, 0.5) is 4.79 Å². The number of carbonyl (C=O) groups is 3. The highest BCUT2D eigenvalue weighted by Gasteiger charge is 2.34. The summed E-state index contributed by atoms with van der Waals surface area (Å²) in [7, 11) is 1.24. The minimum Gasteiger partial charge on any atom is -0.489 e. The van der Waals surface area contributed by atoms with Crippen LogP contribution >= 0.6 is 11.6 Å². The summed E-state index contributed by atoms with van der Waals surface area (Å²) in [5.74, 6) is -0.150. The molecular weight excluding hydrogens is 534 g/mol. The lowest BCUT2D eigenvalue weighted by Crippen LogP contribution is -2.30. The minimum absolute atomic E-state index is 0.00653. The van der Waals surface area contributed by atoms with E-state index in [4.69, 9.17) is 20.8 Å². The van der Waals surface area contributed by atoms with E-state index in [2.05, 4.69) is 14.6 Å². The third-order valence-corrected chi connectivity index (χ3v) is 6.91. The second-order valence-corrected chi connectivity index (χ2v) is 9.58. The Kier molecular flexibility index (Phi) is 7.48. The molecule has 2 aromatic carbocycles. The van der Waals surface area contributed by atoms with Crippen molar-refractivity contribution in [3.63, 3.8) is 0 Å². The van der Waals surface area contributed by atoms with Gasteiger partial charge < -0.3 is 23.8 Å². The molecular formula is C30H26ClN3O6. The van der Waals surface area contributed by atoms with Gasteiger partial charge in [0.15, 0.2) is 0 Å². The number of benzene rings is 2. The van der Waals surface area contributed by atoms with Gasteiger partial charge in [0.05, 0.1) is 13.7 Å². The van der Waals surface area contributed by atoms with Gasteiger partial charge in [0.2, 0.25) is 5.76 Å². The summed E-state index contributed by atoms with van der Waals surface area (Å²) in [4.78, 5) is 38.2. The van der Waals surface area contributed by atoms with Crippen LogP contribution in [-0.4, -0.2) is 34.5 Å². The molecule has 1 saturated heterocycles. The molecule has 0 bridgehead atoms. The Labute approximate surface area is 235 Å². The fourth-order valence-corrected chi connectivity index (χ4v) is 4.69. The third kappa shape index (κ3) is 5.37. The number of nitrogens with one attached hydrogen (secondary N) is 1. The predicted molar refractivity (Wildman–Crippen MR) is 148 cm³/mol. The molecule has 1 aliphatic heterocycles. The van der Waals surface area contributed by atoms with E-state index in [9.17, 15) is 14.4 Å². The quantitative estimate of drug-likeness (QED) is 0.166. The van der Waals surface area contributed by atoms with Crippen molar-refractivity contribution in [3.05, 3.63) is 111 Å². The molecule has 1 aliphatic rings. The van der Waals surface area contributed by atoms with Crippen molar-refractivity contribution in [3.8, 4) is 11.4 Å². The van der Waals surface area contributed by atoms with Crippen LogP contribution in [0.1, 0.15) is 38.8 Å². The van der Waals surface area contributed by atoms with Crippen molar-refractivity contribution in [2.75, 3.05) is 7.11 Å². The summed E-state index contributed by atoms with van der Waals surface area (Å²) >= 11 is 6.22. The number of hydrogen-bond donors (Lipinski definition) is 1. The monoisotopic (exact) mass is 559 g/mol. The smallest absolute Gasteiger partial charge is 0.373 e. The average molecular weight is 560 g/mol. The summed E-state index contributed by atoms with van der Waals surface area (Å²) < 4.78 is 18.0. The standard InChI is InChI=1S/C30H26ClN3O6/c1-18-14-21(15-26-28(35)33(30(37)32-26)16-24-12-13-27(40-24)29(36)38-3)19(2)34(18)22-8-10-23(11-9-22)39-17-20-6-4-5-7-25(20)31/h4-15H,16-17H2,1-3H3,(H,32,37)/b26-15-. The maximum Gasteiger partial charge on any atom is 0.373 e. The Balaban J connectivity index is 1.30. The van der Waals surface area contributed by atoms with Crippen LogP contribution in [0.2, 0.25) is 5.02 Å². The van der Waals surface area contributed by atoms with Crippen molar-refractivity contribution in [1.29, 1.82) is 0 Å². The molecule has 3 amide bonds. The van der Waals surface area contributed by atoms with E-state index >= 15 is 0 Å². The number of imide groups is 1. The zero-order valence-corrected chi connectivity index (χ0v) is 22.8. The van der Waals surface area contributed by atoms with E-state index in [1.807, 2.05) is 68.4 Å². The van der Waals surface area contributed by atoms with Crippen LogP contribution in [0.5, 0.6) is 5.75 Å². The van der Waals surface area contributed by atoms with Gasteiger partial charge in [-0.2, -0.15) is 0 Å². The number of aromatic nitrogens is 1. The van der Waals surface area contributed by atoms with Crippen LogP contribution < -0.4 is 10.1 Å². The summed E-state index contributed by atoms with van der Waals surface area (Å²) in [5.41, 5.74) is 4.61. The number of nitrogens with zero attached hydrogens (tertiary/aromatic N) is 2. The molecule has 3 heterocycles. The molecule has 10 heteroatoms. The van der Waals surface area contributed by atoms with Gasteiger partial charge in [-0.25, -0.2) is 9.59 Å². The second kappa shape index (κ2) is 11.2. The molecule has 204 valence electrons. The first-order chi connectivity index (χ1) is 19.2. The van der Waals surface area contributed by atoms with Gasteiger partial charge in [-0.3, -0.25) is 9.69 Å². The first-order valence-corrected chi connectivity index (χ1v) is 12.8. The van der Waals surface area contributed by atoms with Gasteiger partial charge in [0.1, 0.15) is 23.8 Å². The molecule has 0 aliphatic carbocycles. The molecule has 1 N–H and O–H groups in total. The molecule has 9 nitrogen and oxygen atoms in total. The number of aryl methyl sites for hydroxylation is 1. The third-order valence-electron chi connectivity index (χ3n) is 6.54. The number of urea groups is 1. The largest absolute Gasteiger partial charge is 0.489 e. The molecule has 0 radical (unpaired) electrons. The van der Waals surface area contributed by atoms with Crippen molar-refractivity contribution in [1.82, 2.24) is 14.8 Å². The lowest BCUT2D eigenvalue weighted by atomic mass is 10.2. The summed E-state index contributed by atoms with van der Waals surface area (Å²) in [5, 5.41) is 3.29. The number of ether oxygens (including phenoxy) is 2. The molecule has 0 spiro atoms. The number of amides is 3. The highest BCUT2D eigenvalue weighted by Crippen LogP contribution is 2.26. The van der Waals surface area contributed by atoms with Gasteiger partial charge in [-0.15, -0.1) is 0 Å². The van der Waals surface area contributed by atoms with E-state index in [1.165, 1.54) is 19.2 Å². The molecule has 4 aromatic rings. The van der Waals surface area contributed by atoms with Crippen LogP contribution in [-0.2, 0) is 22.7 Å². The number of esters is 1. The Morgan fingerprint density at radius 1 is 1.05 bits per heavy atom. The number of carbonyl (C=O) groups excluding carboxylic acids is 3. The number of halogens is 1. The summed E-state index contributed by atoms with van der Waals surface area (Å²) in [6.07, 6.45) is 1.65. The van der Waals surface area contributed by atoms with Gasteiger partial charge >= 0.3 is 12.0 Å². The van der Waals surface area contributed by atoms with Gasteiger partial charge in [0.25, 0.3) is 5.91 Å². The lowest BCUT2D eigenvalue weighted by Gasteiger charge is -2.12. The minimum atomic E-state index is -0.640. The Morgan fingerprint density at radius 2 is 1.80 bits per heavy atom.